The Bertz CT molecular complexity index is 202. The number of nitrogens with zero attached hydrogens (tertiary/aromatic N) is 1. The molecule has 1 atom stereocenters. The number of hydrogen-bond acceptors (Lipinski definition) is 2. The van der Waals surface area contributed by atoms with Gasteiger partial charge in [-0.15, -0.1) is 11.6 Å². The maximum absolute atomic E-state index is 11.6. The fourth-order valence-electron chi connectivity index (χ4n) is 1.87. The third-order valence-corrected chi connectivity index (χ3v) is 4.02. The third kappa shape index (κ3) is 2.13. The van der Waals surface area contributed by atoms with Crippen LogP contribution in [0.4, 0.5) is 0 Å². The number of halogens is 1. The van der Waals surface area contributed by atoms with E-state index in [1.54, 1.807) is 0 Å². The molecule has 1 saturated heterocycles. The Morgan fingerprint density at radius 2 is 2.15 bits per heavy atom. The molecule has 13 heavy (non-hydrogen) atoms. The molecule has 4 heteroatoms. The standard InChI is InChI=1S/C9H14ClNOS/c10-5-9(12)11(7-1-2-7)8-3-4-13-6-8/h7-8H,1-6H2. The monoisotopic (exact) mass is 219 g/mol. The van der Waals surface area contributed by atoms with Crippen LogP contribution in [0.3, 0.4) is 0 Å². The van der Waals surface area contributed by atoms with E-state index >= 15 is 0 Å². The van der Waals surface area contributed by atoms with Crippen molar-refractivity contribution in [1.82, 2.24) is 4.90 Å². The van der Waals surface area contributed by atoms with E-state index < -0.39 is 0 Å². The van der Waals surface area contributed by atoms with Crippen LogP contribution >= 0.6 is 23.4 Å². The van der Waals surface area contributed by atoms with Crippen molar-refractivity contribution >= 4 is 29.3 Å². The van der Waals surface area contributed by atoms with Gasteiger partial charge < -0.3 is 4.90 Å². The molecule has 74 valence electrons. The van der Waals surface area contributed by atoms with Crippen LogP contribution < -0.4 is 0 Å². The Morgan fingerprint density at radius 1 is 1.38 bits per heavy atom. The molecule has 0 aromatic carbocycles. The second kappa shape index (κ2) is 4.09. The molecule has 1 unspecified atom stereocenters. The van der Waals surface area contributed by atoms with Crippen molar-refractivity contribution in [3.63, 3.8) is 0 Å². The summed E-state index contributed by atoms with van der Waals surface area (Å²) in [6.07, 6.45) is 3.53. The van der Waals surface area contributed by atoms with Crippen LogP contribution in [0.2, 0.25) is 0 Å². The molecule has 1 aliphatic carbocycles. The summed E-state index contributed by atoms with van der Waals surface area (Å²) in [6.45, 7) is 0. The van der Waals surface area contributed by atoms with Crippen LogP contribution in [-0.2, 0) is 4.79 Å². The van der Waals surface area contributed by atoms with E-state index in [1.807, 2.05) is 16.7 Å². The summed E-state index contributed by atoms with van der Waals surface area (Å²) < 4.78 is 0. The lowest BCUT2D eigenvalue weighted by molar-refractivity contribution is -0.130. The van der Waals surface area contributed by atoms with E-state index in [2.05, 4.69) is 0 Å². The van der Waals surface area contributed by atoms with E-state index in [9.17, 15) is 4.79 Å². The zero-order chi connectivity index (χ0) is 9.26. The van der Waals surface area contributed by atoms with Gasteiger partial charge >= 0.3 is 0 Å². The summed E-state index contributed by atoms with van der Waals surface area (Å²) in [7, 11) is 0. The van der Waals surface area contributed by atoms with Crippen LogP contribution in [-0.4, -0.2) is 40.3 Å². The summed E-state index contributed by atoms with van der Waals surface area (Å²) in [6, 6.07) is 0.999. The number of amides is 1. The summed E-state index contributed by atoms with van der Waals surface area (Å²) in [5.74, 6) is 2.59. The molecule has 1 saturated carbocycles. The lowest BCUT2D eigenvalue weighted by atomic mass is 10.2. The first-order valence-corrected chi connectivity index (χ1v) is 6.46. The van der Waals surface area contributed by atoms with Gasteiger partial charge in [-0.3, -0.25) is 4.79 Å². The normalized spacial score (nSPS) is 27.6. The molecule has 2 aliphatic rings. The minimum Gasteiger partial charge on any atom is -0.335 e. The molecule has 0 aromatic heterocycles. The van der Waals surface area contributed by atoms with Crippen LogP contribution in [0.5, 0.6) is 0 Å². The first kappa shape index (κ1) is 9.66. The van der Waals surface area contributed by atoms with Crippen molar-refractivity contribution in [2.24, 2.45) is 0 Å². The Morgan fingerprint density at radius 3 is 2.62 bits per heavy atom. The summed E-state index contributed by atoms with van der Waals surface area (Å²) in [5.41, 5.74) is 0. The van der Waals surface area contributed by atoms with Gasteiger partial charge in [0.25, 0.3) is 0 Å². The highest BCUT2D eigenvalue weighted by atomic mass is 35.5. The first-order chi connectivity index (χ1) is 6.33. The van der Waals surface area contributed by atoms with Crippen LogP contribution in [0.1, 0.15) is 19.3 Å². The predicted molar refractivity (Wildman–Crippen MR) is 56.3 cm³/mol. The van der Waals surface area contributed by atoms with Gasteiger partial charge in [-0.05, 0) is 25.0 Å². The minimum atomic E-state index is 0.136. The van der Waals surface area contributed by atoms with Crippen LogP contribution in [0.25, 0.3) is 0 Å². The second-order valence-corrected chi connectivity index (χ2v) is 5.10. The molecule has 1 heterocycles. The van der Waals surface area contributed by atoms with Gasteiger partial charge in [-0.1, -0.05) is 0 Å². The number of thioether (sulfide) groups is 1. The molecular weight excluding hydrogens is 206 g/mol. The molecule has 2 nitrogen and oxygen atoms in total. The highest BCUT2D eigenvalue weighted by Crippen LogP contribution is 2.33. The van der Waals surface area contributed by atoms with E-state index in [-0.39, 0.29) is 11.8 Å². The Kier molecular flexibility index (Phi) is 3.04. The van der Waals surface area contributed by atoms with E-state index in [0.29, 0.717) is 12.1 Å². The summed E-state index contributed by atoms with van der Waals surface area (Å²) >= 11 is 7.55. The van der Waals surface area contributed by atoms with Gasteiger partial charge in [0.1, 0.15) is 5.88 Å². The lowest BCUT2D eigenvalue weighted by Crippen LogP contribution is -2.42. The highest BCUT2D eigenvalue weighted by molar-refractivity contribution is 7.99. The van der Waals surface area contributed by atoms with Gasteiger partial charge in [0.15, 0.2) is 0 Å². The van der Waals surface area contributed by atoms with Crippen molar-refractivity contribution in [3.8, 4) is 0 Å². The van der Waals surface area contributed by atoms with E-state index in [4.69, 9.17) is 11.6 Å². The quantitative estimate of drug-likeness (QED) is 0.674. The van der Waals surface area contributed by atoms with Crippen molar-refractivity contribution in [1.29, 1.82) is 0 Å². The molecule has 0 N–H and O–H groups in total. The average Bonchev–Trinajstić information content (AvgIpc) is 2.81. The molecule has 0 radical (unpaired) electrons. The number of alkyl halides is 1. The van der Waals surface area contributed by atoms with Crippen molar-refractivity contribution in [3.05, 3.63) is 0 Å². The van der Waals surface area contributed by atoms with Gasteiger partial charge in [0.05, 0.1) is 0 Å². The van der Waals surface area contributed by atoms with Gasteiger partial charge in [-0.2, -0.15) is 11.8 Å². The van der Waals surface area contributed by atoms with Gasteiger partial charge in [0, 0.05) is 17.8 Å². The van der Waals surface area contributed by atoms with Crippen molar-refractivity contribution in [2.45, 2.75) is 31.3 Å². The maximum atomic E-state index is 11.6. The SMILES string of the molecule is O=C(CCl)N(C1CC1)C1CCSC1. The zero-order valence-corrected chi connectivity index (χ0v) is 9.11. The molecule has 2 fully saturated rings. The van der Waals surface area contributed by atoms with Crippen LogP contribution in [0.15, 0.2) is 0 Å². The Balaban J connectivity index is 1.99. The largest absolute Gasteiger partial charge is 0.335 e. The Labute approximate surface area is 88.0 Å². The third-order valence-electron chi connectivity index (χ3n) is 2.64. The fraction of sp³-hybridized carbons (Fsp3) is 0.889. The highest BCUT2D eigenvalue weighted by Gasteiger charge is 2.37. The molecular formula is C9H14ClNOS. The topological polar surface area (TPSA) is 20.3 Å². The molecule has 0 bridgehead atoms. The lowest BCUT2D eigenvalue weighted by Gasteiger charge is -2.27. The van der Waals surface area contributed by atoms with Gasteiger partial charge in [-0.25, -0.2) is 0 Å². The number of hydrogen-bond donors (Lipinski definition) is 0. The Hall–Kier alpha value is 0.110. The summed E-state index contributed by atoms with van der Waals surface area (Å²) in [4.78, 5) is 13.6. The average molecular weight is 220 g/mol. The van der Waals surface area contributed by atoms with Gasteiger partial charge in [0.2, 0.25) is 5.91 Å². The second-order valence-electron chi connectivity index (χ2n) is 3.68. The number of rotatable bonds is 3. The smallest absolute Gasteiger partial charge is 0.238 e. The van der Waals surface area contributed by atoms with E-state index in [0.717, 1.165) is 12.2 Å². The summed E-state index contributed by atoms with van der Waals surface area (Å²) in [5, 5.41) is 0. The zero-order valence-electron chi connectivity index (χ0n) is 7.54. The number of carbonyl (C=O) groups is 1. The van der Waals surface area contributed by atoms with Crippen molar-refractivity contribution in [2.75, 3.05) is 17.4 Å². The van der Waals surface area contributed by atoms with E-state index in [1.165, 1.54) is 18.6 Å². The van der Waals surface area contributed by atoms with Crippen molar-refractivity contribution < 1.29 is 4.79 Å². The van der Waals surface area contributed by atoms with Crippen LogP contribution in [0, 0.1) is 0 Å². The fourth-order valence-corrected chi connectivity index (χ4v) is 3.21. The number of carbonyl (C=O) groups excluding carboxylic acids is 1. The predicted octanol–water partition coefficient (Wildman–Crippen LogP) is 1.72. The minimum absolute atomic E-state index is 0.136. The molecule has 1 aliphatic heterocycles. The molecule has 1 amide bonds. The first-order valence-electron chi connectivity index (χ1n) is 4.78. The molecule has 0 spiro atoms. The molecule has 2 rings (SSSR count). The molecule has 0 aromatic rings. The maximum Gasteiger partial charge on any atom is 0.238 e.